The van der Waals surface area contributed by atoms with Gasteiger partial charge in [-0.15, -0.1) is 0 Å². The van der Waals surface area contributed by atoms with Gasteiger partial charge in [0.25, 0.3) is 0 Å². The van der Waals surface area contributed by atoms with Crippen molar-refractivity contribution in [3.05, 3.63) is 18.2 Å². The fourth-order valence-corrected chi connectivity index (χ4v) is 2.19. The number of carboxylic acids is 1. The van der Waals surface area contributed by atoms with Gasteiger partial charge in [0.2, 0.25) is 0 Å². The van der Waals surface area contributed by atoms with E-state index < -0.39 is 12.0 Å². The van der Waals surface area contributed by atoms with E-state index in [2.05, 4.69) is 9.55 Å². The predicted octanol–water partition coefficient (Wildman–Crippen LogP) is 0.727. The van der Waals surface area contributed by atoms with Gasteiger partial charge in [0.15, 0.2) is 0 Å². The first-order valence-electron chi connectivity index (χ1n) is 5.15. The summed E-state index contributed by atoms with van der Waals surface area (Å²) >= 11 is 1.71. The molecule has 0 aliphatic heterocycles. The first kappa shape index (κ1) is 13.1. The molecule has 1 rings (SSSR count). The van der Waals surface area contributed by atoms with E-state index in [-0.39, 0.29) is 0 Å². The summed E-state index contributed by atoms with van der Waals surface area (Å²) in [6.07, 6.45) is 4.24. The monoisotopic (exact) mass is 243 g/mol. The SMILES string of the molecule is Cc1nccn1CCSCCC(N)C(=O)O. The molecule has 6 heteroatoms. The minimum Gasteiger partial charge on any atom is -0.480 e. The molecule has 5 nitrogen and oxygen atoms in total. The number of thioether (sulfide) groups is 1. The van der Waals surface area contributed by atoms with Crippen LogP contribution < -0.4 is 5.73 Å². The summed E-state index contributed by atoms with van der Waals surface area (Å²) in [5.41, 5.74) is 5.39. The lowest BCUT2D eigenvalue weighted by atomic mass is 10.2. The number of imidazole rings is 1. The lowest BCUT2D eigenvalue weighted by molar-refractivity contribution is -0.138. The molecule has 0 saturated carbocycles. The molecule has 16 heavy (non-hydrogen) atoms. The van der Waals surface area contributed by atoms with Crippen LogP contribution in [0.3, 0.4) is 0 Å². The van der Waals surface area contributed by atoms with Gasteiger partial charge in [-0.05, 0) is 19.1 Å². The lowest BCUT2D eigenvalue weighted by Crippen LogP contribution is -2.30. The number of nitrogens with zero attached hydrogens (tertiary/aromatic N) is 2. The lowest BCUT2D eigenvalue weighted by Gasteiger charge is -2.07. The fraction of sp³-hybridized carbons (Fsp3) is 0.600. The minimum absolute atomic E-state index is 0.517. The summed E-state index contributed by atoms with van der Waals surface area (Å²) in [5, 5.41) is 8.58. The molecule has 1 heterocycles. The van der Waals surface area contributed by atoms with Crippen LogP contribution in [-0.2, 0) is 11.3 Å². The minimum atomic E-state index is -0.925. The van der Waals surface area contributed by atoms with Crippen molar-refractivity contribution in [2.45, 2.75) is 25.9 Å². The molecule has 1 aromatic heterocycles. The van der Waals surface area contributed by atoms with Crippen molar-refractivity contribution >= 4 is 17.7 Å². The maximum atomic E-state index is 10.4. The molecule has 0 spiro atoms. The van der Waals surface area contributed by atoms with Crippen LogP contribution >= 0.6 is 11.8 Å². The number of aliphatic carboxylic acids is 1. The smallest absolute Gasteiger partial charge is 0.320 e. The molecule has 1 unspecified atom stereocenters. The Bertz CT molecular complexity index is 341. The van der Waals surface area contributed by atoms with Crippen LogP contribution in [0.1, 0.15) is 12.2 Å². The third-order valence-corrected chi connectivity index (χ3v) is 3.29. The molecule has 0 bridgehead atoms. The highest BCUT2D eigenvalue weighted by atomic mass is 32.2. The zero-order chi connectivity index (χ0) is 12.0. The number of hydrogen-bond donors (Lipinski definition) is 2. The largest absolute Gasteiger partial charge is 0.480 e. The molecule has 0 fully saturated rings. The van der Waals surface area contributed by atoms with Crippen molar-refractivity contribution < 1.29 is 9.90 Å². The van der Waals surface area contributed by atoms with Crippen molar-refractivity contribution in [3.8, 4) is 0 Å². The molecular weight excluding hydrogens is 226 g/mol. The van der Waals surface area contributed by atoms with E-state index in [0.717, 1.165) is 23.9 Å². The van der Waals surface area contributed by atoms with Crippen molar-refractivity contribution in [1.82, 2.24) is 9.55 Å². The highest BCUT2D eigenvalue weighted by Gasteiger charge is 2.10. The summed E-state index contributed by atoms with van der Waals surface area (Å²) in [6, 6.07) is -0.734. The van der Waals surface area contributed by atoms with Crippen molar-refractivity contribution in [2.24, 2.45) is 5.73 Å². The van der Waals surface area contributed by atoms with Crippen LogP contribution in [0.2, 0.25) is 0 Å². The van der Waals surface area contributed by atoms with Crippen molar-refractivity contribution in [1.29, 1.82) is 0 Å². The van der Waals surface area contributed by atoms with Crippen molar-refractivity contribution in [2.75, 3.05) is 11.5 Å². The molecule has 0 aromatic carbocycles. The molecule has 0 radical (unpaired) electrons. The van der Waals surface area contributed by atoms with Crippen LogP contribution in [0, 0.1) is 6.92 Å². The molecule has 3 N–H and O–H groups in total. The Labute approximate surface area is 99.0 Å². The van der Waals surface area contributed by atoms with Gasteiger partial charge in [-0.25, -0.2) is 4.98 Å². The quantitative estimate of drug-likeness (QED) is 0.690. The molecule has 90 valence electrons. The van der Waals surface area contributed by atoms with E-state index in [0.29, 0.717) is 6.42 Å². The number of carboxylic acid groups (broad SMARTS) is 1. The zero-order valence-corrected chi connectivity index (χ0v) is 10.1. The molecule has 0 aliphatic rings. The van der Waals surface area contributed by atoms with Crippen LogP contribution in [0.4, 0.5) is 0 Å². The fourth-order valence-electron chi connectivity index (χ4n) is 1.24. The Balaban J connectivity index is 2.09. The number of hydrogen-bond acceptors (Lipinski definition) is 4. The molecule has 1 aromatic rings. The maximum Gasteiger partial charge on any atom is 0.320 e. The first-order valence-corrected chi connectivity index (χ1v) is 6.30. The highest BCUT2D eigenvalue weighted by molar-refractivity contribution is 7.99. The summed E-state index contributed by atoms with van der Waals surface area (Å²) in [5.74, 6) is 1.80. The average Bonchev–Trinajstić information content (AvgIpc) is 2.63. The van der Waals surface area contributed by atoms with E-state index in [1.807, 2.05) is 13.1 Å². The second-order valence-corrected chi connectivity index (χ2v) is 4.74. The maximum absolute atomic E-state index is 10.4. The van der Waals surface area contributed by atoms with Gasteiger partial charge in [-0.3, -0.25) is 4.79 Å². The Kier molecular flexibility index (Phi) is 5.34. The highest BCUT2D eigenvalue weighted by Crippen LogP contribution is 2.06. The van der Waals surface area contributed by atoms with Gasteiger partial charge in [-0.1, -0.05) is 0 Å². The Morgan fingerprint density at radius 1 is 1.69 bits per heavy atom. The molecular formula is C10H17N3O2S. The van der Waals surface area contributed by atoms with Gasteiger partial charge in [-0.2, -0.15) is 11.8 Å². The second-order valence-electron chi connectivity index (χ2n) is 3.51. The van der Waals surface area contributed by atoms with Crippen molar-refractivity contribution in [3.63, 3.8) is 0 Å². The van der Waals surface area contributed by atoms with E-state index in [1.54, 1.807) is 18.0 Å². The summed E-state index contributed by atoms with van der Waals surface area (Å²) < 4.78 is 2.07. The molecule has 1 atom stereocenters. The van der Waals surface area contributed by atoms with Gasteiger partial charge in [0.05, 0.1) is 0 Å². The number of carbonyl (C=O) groups is 1. The van der Waals surface area contributed by atoms with E-state index >= 15 is 0 Å². The Morgan fingerprint density at radius 3 is 3.00 bits per heavy atom. The zero-order valence-electron chi connectivity index (χ0n) is 9.30. The number of aromatic nitrogens is 2. The Morgan fingerprint density at radius 2 is 2.44 bits per heavy atom. The third kappa shape index (κ3) is 4.24. The van der Waals surface area contributed by atoms with E-state index in [9.17, 15) is 4.79 Å². The van der Waals surface area contributed by atoms with E-state index in [4.69, 9.17) is 10.8 Å². The van der Waals surface area contributed by atoms with Crippen LogP contribution in [0.15, 0.2) is 12.4 Å². The first-order chi connectivity index (χ1) is 7.61. The standard InChI is InChI=1S/C10H17N3O2S/c1-8-12-3-4-13(8)5-7-16-6-2-9(11)10(14)15/h3-4,9H,2,5-7,11H2,1H3,(H,14,15). The van der Waals surface area contributed by atoms with Gasteiger partial charge >= 0.3 is 5.97 Å². The van der Waals surface area contributed by atoms with E-state index in [1.165, 1.54) is 0 Å². The molecule has 0 amide bonds. The summed E-state index contributed by atoms with van der Waals surface area (Å²) in [7, 11) is 0. The summed E-state index contributed by atoms with van der Waals surface area (Å²) in [6.45, 7) is 2.86. The topological polar surface area (TPSA) is 81.1 Å². The summed E-state index contributed by atoms with van der Waals surface area (Å²) in [4.78, 5) is 14.6. The number of aryl methyl sites for hydroxylation is 2. The second kappa shape index (κ2) is 6.55. The molecule has 0 saturated heterocycles. The number of nitrogens with two attached hydrogens (primary N) is 1. The van der Waals surface area contributed by atoms with Crippen LogP contribution in [0.25, 0.3) is 0 Å². The normalized spacial score (nSPS) is 12.6. The molecule has 0 aliphatic carbocycles. The average molecular weight is 243 g/mol. The predicted molar refractivity (Wildman–Crippen MR) is 64.5 cm³/mol. The van der Waals surface area contributed by atoms with Gasteiger partial charge in [0.1, 0.15) is 11.9 Å². The van der Waals surface area contributed by atoms with Crippen LogP contribution in [0.5, 0.6) is 0 Å². The van der Waals surface area contributed by atoms with Gasteiger partial charge in [0, 0.05) is 24.7 Å². The van der Waals surface area contributed by atoms with Gasteiger partial charge < -0.3 is 15.4 Å². The van der Waals surface area contributed by atoms with Crippen LogP contribution in [-0.4, -0.2) is 38.2 Å². The number of rotatable bonds is 7. The third-order valence-electron chi connectivity index (χ3n) is 2.29. The Hall–Kier alpha value is -1.01.